The molecule has 0 aromatic heterocycles. The van der Waals surface area contributed by atoms with Crippen molar-refractivity contribution in [3.05, 3.63) is 35.4 Å². The average Bonchev–Trinajstić information content (AvgIpc) is 2.58. The Morgan fingerprint density at radius 2 is 1.75 bits per heavy atom. The van der Waals surface area contributed by atoms with E-state index < -0.39 is 23.4 Å². The van der Waals surface area contributed by atoms with Crippen molar-refractivity contribution in [1.29, 1.82) is 0 Å². The zero-order valence-electron chi connectivity index (χ0n) is 16.4. The predicted octanol–water partition coefficient (Wildman–Crippen LogP) is 4.39. The van der Waals surface area contributed by atoms with Crippen LogP contribution in [0.4, 0.5) is 18.0 Å². The van der Waals surface area contributed by atoms with Crippen molar-refractivity contribution in [3.63, 3.8) is 0 Å². The Morgan fingerprint density at radius 3 is 2.25 bits per heavy atom. The molecule has 0 aliphatic heterocycles. The maximum absolute atomic E-state index is 13.1. The lowest BCUT2D eigenvalue weighted by Gasteiger charge is -2.47. The molecule has 3 N–H and O–H groups in total. The van der Waals surface area contributed by atoms with Crippen LogP contribution >= 0.6 is 0 Å². The Morgan fingerprint density at radius 1 is 1.18 bits per heavy atom. The molecule has 1 aliphatic rings. The zero-order valence-corrected chi connectivity index (χ0v) is 16.4. The van der Waals surface area contributed by atoms with E-state index in [0.29, 0.717) is 25.7 Å². The van der Waals surface area contributed by atoms with Crippen molar-refractivity contribution < 1.29 is 27.5 Å². The van der Waals surface area contributed by atoms with E-state index in [1.807, 2.05) is 20.8 Å². The average molecular weight is 400 g/mol. The minimum Gasteiger partial charge on any atom is -0.443 e. The molecule has 5 nitrogen and oxygen atoms in total. The van der Waals surface area contributed by atoms with Crippen LogP contribution in [-0.4, -0.2) is 17.6 Å². The molecule has 28 heavy (non-hydrogen) atoms. The van der Waals surface area contributed by atoms with E-state index in [1.54, 1.807) is 0 Å². The number of carbonyl (C=O) groups excluding carboxylic acids is 2. The third-order valence-electron chi connectivity index (χ3n) is 5.60. The number of alkyl halides is 3. The second-order valence-electron chi connectivity index (χ2n) is 8.31. The summed E-state index contributed by atoms with van der Waals surface area (Å²) in [6, 6.07) is 5.19. The zero-order chi connectivity index (χ0) is 21.2. The van der Waals surface area contributed by atoms with Crippen LogP contribution in [0.5, 0.6) is 0 Å². The maximum atomic E-state index is 13.1. The molecule has 1 aromatic rings. The van der Waals surface area contributed by atoms with E-state index in [9.17, 15) is 22.8 Å². The molecule has 2 rings (SSSR count). The maximum Gasteiger partial charge on any atom is 0.416 e. The smallest absolute Gasteiger partial charge is 0.416 e. The van der Waals surface area contributed by atoms with Crippen molar-refractivity contribution in [2.24, 2.45) is 17.1 Å². The molecule has 0 spiro atoms. The van der Waals surface area contributed by atoms with Crippen LogP contribution in [0.15, 0.2) is 24.3 Å². The van der Waals surface area contributed by atoms with Gasteiger partial charge in [-0.15, -0.1) is 0 Å². The van der Waals surface area contributed by atoms with Crippen molar-refractivity contribution in [2.75, 3.05) is 0 Å². The number of nitrogens with one attached hydrogen (secondary N) is 1. The highest BCUT2D eigenvalue weighted by Crippen LogP contribution is 2.46. The summed E-state index contributed by atoms with van der Waals surface area (Å²) in [6.45, 7) is 5.66. The van der Waals surface area contributed by atoms with Gasteiger partial charge in [0.1, 0.15) is 5.60 Å². The van der Waals surface area contributed by atoms with Gasteiger partial charge in [-0.1, -0.05) is 39.0 Å². The number of hydrogen-bond donors (Lipinski definition) is 2. The quantitative estimate of drug-likeness (QED) is 0.786. The van der Waals surface area contributed by atoms with Gasteiger partial charge in [0.25, 0.3) is 0 Å². The first-order valence-electron chi connectivity index (χ1n) is 9.27. The molecule has 0 bridgehead atoms. The summed E-state index contributed by atoms with van der Waals surface area (Å²) in [7, 11) is 0. The Kier molecular flexibility index (Phi) is 6.31. The number of amides is 2. The Bertz CT molecular complexity index is 718. The fourth-order valence-corrected chi connectivity index (χ4v) is 3.82. The van der Waals surface area contributed by atoms with Crippen molar-refractivity contribution >= 4 is 12.0 Å². The van der Waals surface area contributed by atoms with Gasteiger partial charge in [0.2, 0.25) is 5.91 Å². The number of primary amides is 1. The molecule has 1 aliphatic carbocycles. The summed E-state index contributed by atoms with van der Waals surface area (Å²) in [5, 5.41) is 2.62. The molecule has 8 heteroatoms. The third kappa shape index (κ3) is 4.97. The highest BCUT2D eigenvalue weighted by Gasteiger charge is 2.48. The van der Waals surface area contributed by atoms with Gasteiger partial charge >= 0.3 is 12.3 Å². The normalized spacial score (nSPS) is 23.1. The topological polar surface area (TPSA) is 81.4 Å². The fraction of sp³-hybridized carbons (Fsp3) is 0.600. The van der Waals surface area contributed by atoms with Crippen LogP contribution in [0.2, 0.25) is 0 Å². The Hall–Kier alpha value is -2.25. The number of rotatable bonds is 4. The van der Waals surface area contributed by atoms with Crippen LogP contribution in [0, 0.1) is 11.3 Å². The summed E-state index contributed by atoms with van der Waals surface area (Å²) in [5.74, 6) is -0.636. The second-order valence-corrected chi connectivity index (χ2v) is 8.31. The lowest BCUT2D eigenvalue weighted by Crippen LogP contribution is -2.51. The molecule has 1 saturated carbocycles. The van der Waals surface area contributed by atoms with E-state index in [1.165, 1.54) is 18.2 Å². The molecule has 0 heterocycles. The molecule has 1 aromatic carbocycles. The number of halogens is 3. The van der Waals surface area contributed by atoms with E-state index in [4.69, 9.17) is 10.5 Å². The number of benzene rings is 1. The highest BCUT2D eigenvalue weighted by molar-refractivity contribution is 5.78. The lowest BCUT2D eigenvalue weighted by molar-refractivity contribution is -0.139. The first-order valence-corrected chi connectivity index (χ1v) is 9.27. The van der Waals surface area contributed by atoms with Gasteiger partial charge in [0.15, 0.2) is 0 Å². The van der Waals surface area contributed by atoms with E-state index in [0.717, 1.165) is 6.07 Å². The molecule has 156 valence electrons. The Labute approximate surface area is 162 Å². The van der Waals surface area contributed by atoms with E-state index in [2.05, 4.69) is 5.32 Å². The molecule has 0 unspecified atom stereocenters. The van der Waals surface area contributed by atoms with Crippen LogP contribution in [0.3, 0.4) is 0 Å². The minimum absolute atomic E-state index is 0.0280. The van der Waals surface area contributed by atoms with Gasteiger partial charge in [0.05, 0.1) is 5.56 Å². The SMILES string of the molecule is CC(C)(C)C1(OC(N)=O)CCC(C(=O)NCc2ccccc2C(F)(F)F)CC1. The van der Waals surface area contributed by atoms with Gasteiger partial charge in [0, 0.05) is 17.9 Å². The molecule has 1 fully saturated rings. The molecule has 2 amide bonds. The first kappa shape index (κ1) is 22.0. The summed E-state index contributed by atoms with van der Waals surface area (Å²) >= 11 is 0. The third-order valence-corrected chi connectivity index (χ3v) is 5.60. The van der Waals surface area contributed by atoms with Crippen LogP contribution in [-0.2, 0) is 22.3 Å². The Balaban J connectivity index is 2.00. The lowest BCUT2D eigenvalue weighted by atomic mass is 9.65. The number of nitrogens with two attached hydrogens (primary N) is 1. The van der Waals surface area contributed by atoms with E-state index >= 15 is 0 Å². The van der Waals surface area contributed by atoms with Crippen LogP contribution < -0.4 is 11.1 Å². The predicted molar refractivity (Wildman–Crippen MR) is 98.1 cm³/mol. The number of carbonyl (C=O) groups is 2. The summed E-state index contributed by atoms with van der Waals surface area (Å²) in [4.78, 5) is 23.8. The molecule has 0 radical (unpaired) electrons. The van der Waals surface area contributed by atoms with Gasteiger partial charge in [-0.05, 0) is 37.3 Å². The van der Waals surface area contributed by atoms with Gasteiger partial charge in [-0.25, -0.2) is 4.79 Å². The molecule has 0 saturated heterocycles. The summed E-state index contributed by atoms with van der Waals surface area (Å²) in [6.07, 6.45) is -3.44. The molecule has 0 atom stereocenters. The van der Waals surface area contributed by atoms with Crippen LogP contribution in [0.25, 0.3) is 0 Å². The largest absolute Gasteiger partial charge is 0.443 e. The van der Waals surface area contributed by atoms with Crippen molar-refractivity contribution in [3.8, 4) is 0 Å². The standard InChI is InChI=1S/C20H27F3N2O3/c1-18(2,3)19(28-17(24)27)10-8-13(9-11-19)16(26)25-12-14-6-4-5-7-15(14)20(21,22)23/h4-7,13H,8-12H2,1-3H3,(H2,24,27)(H,25,26). The van der Waals surface area contributed by atoms with Crippen molar-refractivity contribution in [1.82, 2.24) is 5.32 Å². The highest BCUT2D eigenvalue weighted by atomic mass is 19.4. The number of ether oxygens (including phenoxy) is 1. The van der Waals surface area contributed by atoms with Gasteiger partial charge in [-0.3, -0.25) is 4.79 Å². The molecular weight excluding hydrogens is 373 g/mol. The summed E-state index contributed by atoms with van der Waals surface area (Å²) < 4.78 is 44.6. The van der Waals surface area contributed by atoms with Gasteiger partial charge < -0.3 is 15.8 Å². The van der Waals surface area contributed by atoms with Gasteiger partial charge in [-0.2, -0.15) is 13.2 Å². The molecular formula is C20H27F3N2O3. The van der Waals surface area contributed by atoms with E-state index in [-0.39, 0.29) is 29.3 Å². The second kappa shape index (κ2) is 8.01. The minimum atomic E-state index is -4.47. The first-order chi connectivity index (χ1) is 12.9. The van der Waals surface area contributed by atoms with Crippen LogP contribution in [0.1, 0.15) is 57.6 Å². The fourth-order valence-electron chi connectivity index (χ4n) is 3.82. The monoisotopic (exact) mass is 400 g/mol. The number of hydrogen-bond acceptors (Lipinski definition) is 3. The van der Waals surface area contributed by atoms with Crippen molar-refractivity contribution in [2.45, 2.75) is 64.8 Å². The summed E-state index contributed by atoms with van der Waals surface area (Å²) in [5.41, 5.74) is 3.40.